The summed E-state index contributed by atoms with van der Waals surface area (Å²) in [5.41, 5.74) is -0.305. The fourth-order valence-corrected chi connectivity index (χ4v) is 4.93. The molecule has 21 heavy (non-hydrogen) atoms. The van der Waals surface area contributed by atoms with Gasteiger partial charge in [-0.05, 0) is 0 Å². The van der Waals surface area contributed by atoms with E-state index in [0.29, 0.717) is 18.1 Å². The fourth-order valence-electron chi connectivity index (χ4n) is 2.11. The van der Waals surface area contributed by atoms with Crippen LogP contribution >= 0.6 is 11.8 Å². The van der Waals surface area contributed by atoms with Crippen LogP contribution in [0.25, 0.3) is 0 Å². The maximum absolute atomic E-state index is 11.9. The summed E-state index contributed by atoms with van der Waals surface area (Å²) in [6, 6.07) is 0. The zero-order valence-corrected chi connectivity index (χ0v) is 13.1. The number of hydrogen-bond donors (Lipinski definition) is 1. The highest BCUT2D eigenvalue weighted by Gasteiger charge is 2.37. The number of nitrogens with zero attached hydrogens (tertiary/aromatic N) is 4. The summed E-state index contributed by atoms with van der Waals surface area (Å²) in [6.45, 7) is 0.378. The van der Waals surface area contributed by atoms with Gasteiger partial charge in [-0.3, -0.25) is 10.1 Å². The highest BCUT2D eigenvalue weighted by atomic mass is 32.2. The van der Waals surface area contributed by atoms with Gasteiger partial charge in [0.15, 0.2) is 9.84 Å². The Morgan fingerprint density at radius 2 is 2.24 bits per heavy atom. The lowest BCUT2D eigenvalue weighted by atomic mass is 10.3. The van der Waals surface area contributed by atoms with E-state index in [0.717, 1.165) is 6.26 Å². The second-order valence-electron chi connectivity index (χ2n) is 4.45. The van der Waals surface area contributed by atoms with Crippen molar-refractivity contribution in [1.82, 2.24) is 9.97 Å². The molecule has 1 aromatic heterocycles. The van der Waals surface area contributed by atoms with Crippen LogP contribution in [0.2, 0.25) is 0 Å². The highest BCUT2D eigenvalue weighted by molar-refractivity contribution is 8.01. The second kappa shape index (κ2) is 6.02. The predicted octanol–water partition coefficient (Wildman–Crippen LogP) is 0.350. The third-order valence-electron chi connectivity index (χ3n) is 3.07. The molecule has 1 aliphatic rings. The van der Waals surface area contributed by atoms with Gasteiger partial charge in [-0.15, -0.1) is 0 Å². The molecule has 0 aromatic carbocycles. The van der Waals surface area contributed by atoms with Crippen LogP contribution in [0, 0.1) is 10.1 Å². The van der Waals surface area contributed by atoms with Crippen LogP contribution < -0.4 is 10.2 Å². The molecule has 1 unspecified atom stereocenters. The van der Waals surface area contributed by atoms with Crippen LogP contribution in [0.1, 0.15) is 0 Å². The molecule has 0 aliphatic carbocycles. The molecule has 1 atom stereocenters. The van der Waals surface area contributed by atoms with E-state index < -0.39 is 20.1 Å². The van der Waals surface area contributed by atoms with Crippen LogP contribution in [0.3, 0.4) is 0 Å². The van der Waals surface area contributed by atoms with Gasteiger partial charge in [0.25, 0.3) is 0 Å². The Hall–Kier alpha value is -1.62. The molecule has 0 spiro atoms. The van der Waals surface area contributed by atoms with E-state index >= 15 is 0 Å². The quantitative estimate of drug-likeness (QED) is 0.615. The Labute approximate surface area is 126 Å². The molecule has 2 heterocycles. The van der Waals surface area contributed by atoms with E-state index in [1.807, 2.05) is 0 Å². The van der Waals surface area contributed by atoms with Crippen molar-refractivity contribution in [3.8, 4) is 0 Å². The van der Waals surface area contributed by atoms with Crippen molar-refractivity contribution in [3.05, 3.63) is 16.4 Å². The van der Waals surface area contributed by atoms with Gasteiger partial charge in [0.05, 0.1) is 4.92 Å². The zero-order chi connectivity index (χ0) is 15.6. The van der Waals surface area contributed by atoms with Gasteiger partial charge >= 0.3 is 5.69 Å². The van der Waals surface area contributed by atoms with Crippen LogP contribution in [0.4, 0.5) is 17.3 Å². The van der Waals surface area contributed by atoms with Gasteiger partial charge in [-0.1, -0.05) is 0 Å². The average Bonchev–Trinajstić information content (AvgIpc) is 2.45. The number of anilines is 2. The maximum atomic E-state index is 11.9. The SMILES string of the molecule is CNc1ncnc(N2CCSCC2S(C)(=O)=O)c1[N+](=O)[O-]. The summed E-state index contributed by atoms with van der Waals surface area (Å²) in [5, 5.41) is 13.1. The van der Waals surface area contributed by atoms with Crippen molar-refractivity contribution in [3.63, 3.8) is 0 Å². The lowest BCUT2D eigenvalue weighted by Gasteiger charge is -2.34. The van der Waals surface area contributed by atoms with Gasteiger partial charge in [-0.2, -0.15) is 11.8 Å². The molecule has 0 radical (unpaired) electrons. The first kappa shape index (κ1) is 15.8. The van der Waals surface area contributed by atoms with E-state index in [1.165, 1.54) is 30.0 Å². The summed E-state index contributed by atoms with van der Waals surface area (Å²) in [5.74, 6) is 1.14. The molecule has 1 aromatic rings. The third-order valence-corrected chi connectivity index (χ3v) is 5.72. The van der Waals surface area contributed by atoms with E-state index in [2.05, 4.69) is 15.3 Å². The molecular weight excluding hydrogens is 318 g/mol. The second-order valence-corrected chi connectivity index (χ2v) is 7.81. The van der Waals surface area contributed by atoms with Gasteiger partial charge < -0.3 is 10.2 Å². The summed E-state index contributed by atoms with van der Waals surface area (Å²) >= 11 is 1.50. The van der Waals surface area contributed by atoms with Crippen molar-refractivity contribution in [2.24, 2.45) is 0 Å². The number of thioether (sulfide) groups is 1. The number of sulfone groups is 1. The smallest absolute Gasteiger partial charge is 0.353 e. The van der Waals surface area contributed by atoms with Gasteiger partial charge in [0.2, 0.25) is 11.6 Å². The third kappa shape index (κ3) is 3.18. The molecule has 11 heteroatoms. The molecular formula is C10H15N5O4S2. The highest BCUT2D eigenvalue weighted by Crippen LogP contribution is 2.35. The van der Waals surface area contributed by atoms with Crippen LogP contribution in [-0.2, 0) is 9.84 Å². The molecule has 1 N–H and O–H groups in total. The van der Waals surface area contributed by atoms with Gasteiger partial charge in [0.1, 0.15) is 11.7 Å². The van der Waals surface area contributed by atoms with Gasteiger partial charge in [0, 0.05) is 31.4 Å². The summed E-state index contributed by atoms with van der Waals surface area (Å²) < 4.78 is 23.8. The van der Waals surface area contributed by atoms with Crippen LogP contribution in [0.15, 0.2) is 6.33 Å². The monoisotopic (exact) mass is 333 g/mol. The van der Waals surface area contributed by atoms with Crippen molar-refractivity contribution in [2.45, 2.75) is 5.37 Å². The first-order valence-corrected chi connectivity index (χ1v) is 9.17. The van der Waals surface area contributed by atoms with Crippen LogP contribution in [0.5, 0.6) is 0 Å². The average molecular weight is 333 g/mol. The van der Waals surface area contributed by atoms with Crippen molar-refractivity contribution in [2.75, 3.05) is 41.6 Å². The van der Waals surface area contributed by atoms with Gasteiger partial charge in [-0.25, -0.2) is 18.4 Å². The molecule has 9 nitrogen and oxygen atoms in total. The molecule has 1 fully saturated rings. The maximum Gasteiger partial charge on any atom is 0.353 e. The Balaban J connectivity index is 2.56. The Bertz CT molecular complexity index is 651. The lowest BCUT2D eigenvalue weighted by Crippen LogP contribution is -2.47. The molecule has 0 saturated carbocycles. The Kier molecular flexibility index (Phi) is 4.52. The molecule has 2 rings (SSSR count). The first-order chi connectivity index (χ1) is 9.86. The minimum atomic E-state index is -3.38. The number of rotatable bonds is 4. The van der Waals surface area contributed by atoms with E-state index in [-0.39, 0.29) is 17.3 Å². The van der Waals surface area contributed by atoms with Crippen molar-refractivity contribution >= 4 is 38.9 Å². The minimum Gasteiger partial charge on any atom is -0.367 e. The standard InChI is InChI=1S/C10H15N5O4S2/c1-11-9-8(15(16)17)10(13-6-12-9)14-3-4-20-5-7(14)21(2,18)19/h6-7H,3-5H2,1-2H3,(H,11,12,13). The molecule has 0 bridgehead atoms. The van der Waals surface area contributed by atoms with Crippen molar-refractivity contribution in [1.29, 1.82) is 0 Å². The van der Waals surface area contributed by atoms with Crippen LogP contribution in [-0.4, -0.2) is 60.0 Å². The number of nitrogens with one attached hydrogen (secondary N) is 1. The lowest BCUT2D eigenvalue weighted by molar-refractivity contribution is -0.383. The minimum absolute atomic E-state index is 0.0371. The summed E-state index contributed by atoms with van der Waals surface area (Å²) in [6.07, 6.45) is 2.32. The van der Waals surface area contributed by atoms with E-state index in [4.69, 9.17) is 0 Å². The fraction of sp³-hybridized carbons (Fsp3) is 0.600. The molecule has 116 valence electrons. The zero-order valence-electron chi connectivity index (χ0n) is 11.5. The topological polar surface area (TPSA) is 118 Å². The predicted molar refractivity (Wildman–Crippen MR) is 81.5 cm³/mol. The van der Waals surface area contributed by atoms with E-state index in [1.54, 1.807) is 0 Å². The molecule has 0 amide bonds. The number of aromatic nitrogens is 2. The summed E-state index contributed by atoms with van der Waals surface area (Å²) in [4.78, 5) is 20.0. The first-order valence-electron chi connectivity index (χ1n) is 6.06. The largest absolute Gasteiger partial charge is 0.367 e. The molecule has 1 aliphatic heterocycles. The Morgan fingerprint density at radius 3 is 2.81 bits per heavy atom. The normalized spacial score (nSPS) is 19.3. The molecule has 1 saturated heterocycles. The number of hydrogen-bond acceptors (Lipinski definition) is 9. The van der Waals surface area contributed by atoms with Crippen molar-refractivity contribution < 1.29 is 13.3 Å². The Morgan fingerprint density at radius 1 is 1.52 bits per heavy atom. The van der Waals surface area contributed by atoms with E-state index in [9.17, 15) is 18.5 Å². The number of nitro groups is 1. The summed E-state index contributed by atoms with van der Waals surface area (Å²) in [7, 11) is -1.87.